The summed E-state index contributed by atoms with van der Waals surface area (Å²) in [5, 5.41) is 11.9. The lowest BCUT2D eigenvalue weighted by atomic mass is 10.00. The lowest BCUT2D eigenvalue weighted by molar-refractivity contribution is -0.137. The number of alkyl halides is 3. The molecule has 1 unspecified atom stereocenters. The van der Waals surface area contributed by atoms with E-state index in [1.807, 2.05) is 12.1 Å². The quantitative estimate of drug-likeness (QED) is 0.545. The van der Waals surface area contributed by atoms with Gasteiger partial charge >= 0.3 is 12.2 Å². The maximum Gasteiger partial charge on any atom is 0.416 e. The maximum absolute atomic E-state index is 13.1. The number of fused-ring (bicyclic) bond motifs is 1. The SMILES string of the molecule is O=C(NCCN1CCc2ccccc2C1)NC(c1cccc(C(F)(F)F)c1)c1ncn[nH]1. The summed E-state index contributed by atoms with van der Waals surface area (Å²) < 4.78 is 39.4. The van der Waals surface area contributed by atoms with Crippen molar-refractivity contribution in [1.82, 2.24) is 30.7 Å². The largest absolute Gasteiger partial charge is 0.416 e. The average molecular weight is 444 g/mol. The number of H-pyrrole nitrogens is 1. The summed E-state index contributed by atoms with van der Waals surface area (Å²) in [4.78, 5) is 18.8. The van der Waals surface area contributed by atoms with Gasteiger partial charge in [-0.05, 0) is 35.2 Å². The van der Waals surface area contributed by atoms with Crippen molar-refractivity contribution in [1.29, 1.82) is 0 Å². The van der Waals surface area contributed by atoms with Crippen LogP contribution in [0.5, 0.6) is 0 Å². The highest BCUT2D eigenvalue weighted by molar-refractivity contribution is 5.74. The molecule has 10 heteroatoms. The Morgan fingerprint density at radius 3 is 2.72 bits per heavy atom. The van der Waals surface area contributed by atoms with Gasteiger partial charge in [0.25, 0.3) is 0 Å². The first kappa shape index (κ1) is 21.8. The highest BCUT2D eigenvalue weighted by Gasteiger charge is 2.31. The van der Waals surface area contributed by atoms with E-state index in [1.165, 1.54) is 29.6 Å². The number of urea groups is 1. The Labute approximate surface area is 183 Å². The topological polar surface area (TPSA) is 85.9 Å². The fraction of sp³-hybridized carbons (Fsp3) is 0.318. The zero-order chi connectivity index (χ0) is 22.6. The van der Waals surface area contributed by atoms with Crippen LogP contribution in [0.15, 0.2) is 54.9 Å². The van der Waals surface area contributed by atoms with Gasteiger partial charge in [-0.15, -0.1) is 0 Å². The monoisotopic (exact) mass is 444 g/mol. The first-order chi connectivity index (χ1) is 15.4. The van der Waals surface area contributed by atoms with Crippen molar-refractivity contribution >= 4 is 6.03 Å². The first-order valence-electron chi connectivity index (χ1n) is 10.3. The number of nitrogens with one attached hydrogen (secondary N) is 3. The molecule has 0 spiro atoms. The second kappa shape index (κ2) is 9.39. The second-order valence-corrected chi connectivity index (χ2v) is 7.62. The molecule has 0 radical (unpaired) electrons. The molecule has 0 saturated carbocycles. The van der Waals surface area contributed by atoms with E-state index < -0.39 is 23.8 Å². The van der Waals surface area contributed by atoms with Crippen molar-refractivity contribution in [2.45, 2.75) is 25.2 Å². The Kier molecular flexibility index (Phi) is 6.40. The van der Waals surface area contributed by atoms with Gasteiger partial charge in [0.05, 0.1) is 5.56 Å². The molecule has 7 nitrogen and oxygen atoms in total. The summed E-state index contributed by atoms with van der Waals surface area (Å²) in [7, 11) is 0. The van der Waals surface area contributed by atoms with Gasteiger partial charge in [0.1, 0.15) is 12.4 Å². The van der Waals surface area contributed by atoms with Gasteiger partial charge in [0.2, 0.25) is 0 Å². The number of hydrogen-bond acceptors (Lipinski definition) is 4. The fourth-order valence-electron chi connectivity index (χ4n) is 3.81. The van der Waals surface area contributed by atoms with Crippen LogP contribution in [0.3, 0.4) is 0 Å². The van der Waals surface area contributed by atoms with Crippen molar-refractivity contribution in [3.05, 3.63) is 82.9 Å². The van der Waals surface area contributed by atoms with Crippen molar-refractivity contribution in [3.8, 4) is 0 Å². The standard InChI is InChI=1S/C22H23F3N6O/c23-22(24,25)18-7-3-6-16(12-18)19(20-27-14-28-30-20)29-21(32)26-9-11-31-10-8-15-4-1-2-5-17(15)13-31/h1-7,12,14,19H,8-11,13H2,(H2,26,29,32)(H,27,28,30). The second-order valence-electron chi connectivity index (χ2n) is 7.62. The van der Waals surface area contributed by atoms with Crippen molar-refractivity contribution in [3.63, 3.8) is 0 Å². The van der Waals surface area contributed by atoms with E-state index in [-0.39, 0.29) is 11.4 Å². The minimum absolute atomic E-state index is 0.243. The molecule has 32 heavy (non-hydrogen) atoms. The Hall–Kier alpha value is -3.40. The van der Waals surface area contributed by atoms with Crippen LogP contribution in [0, 0.1) is 0 Å². The molecular weight excluding hydrogens is 421 g/mol. The molecule has 0 saturated heterocycles. The summed E-state index contributed by atoms with van der Waals surface area (Å²) in [6.07, 6.45) is -2.29. The molecule has 1 atom stereocenters. The molecule has 1 aliphatic rings. The van der Waals surface area contributed by atoms with Gasteiger partial charge in [-0.1, -0.05) is 36.4 Å². The molecule has 1 aliphatic heterocycles. The molecule has 3 N–H and O–H groups in total. The van der Waals surface area contributed by atoms with Crippen LogP contribution >= 0.6 is 0 Å². The lowest BCUT2D eigenvalue weighted by Crippen LogP contribution is -2.43. The smallest absolute Gasteiger partial charge is 0.337 e. The van der Waals surface area contributed by atoms with Crippen molar-refractivity contribution in [2.24, 2.45) is 0 Å². The number of rotatable bonds is 6. The molecule has 1 aromatic heterocycles. The molecule has 0 aliphatic carbocycles. The molecule has 2 heterocycles. The van der Waals surface area contributed by atoms with E-state index in [9.17, 15) is 18.0 Å². The van der Waals surface area contributed by atoms with Crippen molar-refractivity contribution < 1.29 is 18.0 Å². The van der Waals surface area contributed by atoms with Crippen molar-refractivity contribution in [2.75, 3.05) is 19.6 Å². The molecule has 0 fully saturated rings. The molecule has 4 rings (SSSR count). The van der Waals surface area contributed by atoms with E-state index in [0.717, 1.165) is 31.6 Å². The zero-order valence-corrected chi connectivity index (χ0v) is 17.2. The maximum atomic E-state index is 13.1. The Bertz CT molecular complexity index is 1050. The van der Waals surface area contributed by atoms with E-state index in [1.54, 1.807) is 0 Å². The third-order valence-corrected chi connectivity index (χ3v) is 5.45. The van der Waals surface area contributed by atoms with Gasteiger partial charge in [-0.2, -0.15) is 18.3 Å². The van der Waals surface area contributed by atoms with E-state index in [4.69, 9.17) is 0 Å². The number of benzene rings is 2. The van der Waals surface area contributed by atoms with Crippen LogP contribution in [-0.4, -0.2) is 45.7 Å². The minimum Gasteiger partial charge on any atom is -0.337 e. The number of aromatic nitrogens is 3. The summed E-state index contributed by atoms with van der Waals surface area (Å²) in [6.45, 7) is 2.80. The van der Waals surface area contributed by atoms with Gasteiger partial charge in [0, 0.05) is 26.2 Å². The van der Waals surface area contributed by atoms with Gasteiger partial charge in [0.15, 0.2) is 5.82 Å². The average Bonchev–Trinajstić information content (AvgIpc) is 3.31. The van der Waals surface area contributed by atoms with Gasteiger partial charge in [-0.3, -0.25) is 10.00 Å². The third-order valence-electron chi connectivity index (χ3n) is 5.45. The van der Waals surface area contributed by atoms with Crippen LogP contribution in [-0.2, 0) is 19.1 Å². The summed E-state index contributed by atoms with van der Waals surface area (Å²) >= 11 is 0. The zero-order valence-electron chi connectivity index (χ0n) is 17.2. The Morgan fingerprint density at radius 2 is 1.97 bits per heavy atom. The number of nitrogens with zero attached hydrogens (tertiary/aromatic N) is 3. The molecule has 3 aromatic rings. The molecule has 0 bridgehead atoms. The minimum atomic E-state index is -4.49. The summed E-state index contributed by atoms with van der Waals surface area (Å²) in [5.41, 5.74) is 2.09. The first-order valence-corrected chi connectivity index (χ1v) is 10.3. The number of amides is 2. The molecule has 2 amide bonds. The van der Waals surface area contributed by atoms with Crippen LogP contribution in [0.4, 0.5) is 18.0 Å². The van der Waals surface area contributed by atoms with Gasteiger partial charge in [-0.25, -0.2) is 9.78 Å². The number of carbonyl (C=O) groups is 1. The van der Waals surface area contributed by atoms with Crippen LogP contribution in [0.2, 0.25) is 0 Å². The van der Waals surface area contributed by atoms with Gasteiger partial charge < -0.3 is 10.6 Å². The van der Waals surface area contributed by atoms with Crippen LogP contribution in [0.25, 0.3) is 0 Å². The van der Waals surface area contributed by atoms with E-state index >= 15 is 0 Å². The lowest BCUT2D eigenvalue weighted by Gasteiger charge is -2.28. The normalized spacial score (nSPS) is 15.1. The number of hydrogen-bond donors (Lipinski definition) is 3. The van der Waals surface area contributed by atoms with Crippen LogP contribution in [0.1, 0.15) is 34.1 Å². The molecular formula is C22H23F3N6O. The van der Waals surface area contributed by atoms with Crippen LogP contribution < -0.4 is 10.6 Å². The highest BCUT2D eigenvalue weighted by Crippen LogP contribution is 2.31. The fourth-order valence-corrected chi connectivity index (χ4v) is 3.81. The Balaban J connectivity index is 1.37. The third kappa shape index (κ3) is 5.25. The number of aromatic amines is 1. The number of halogens is 3. The van der Waals surface area contributed by atoms with E-state index in [2.05, 4.69) is 42.8 Å². The number of carbonyl (C=O) groups excluding carboxylic acids is 1. The predicted octanol–water partition coefficient (Wildman–Crippen LogP) is 3.27. The summed E-state index contributed by atoms with van der Waals surface area (Å²) in [6, 6.07) is 11.7. The molecule has 168 valence electrons. The summed E-state index contributed by atoms with van der Waals surface area (Å²) in [5.74, 6) is 0.243. The van der Waals surface area contributed by atoms with E-state index in [0.29, 0.717) is 13.1 Å². The Morgan fingerprint density at radius 1 is 1.16 bits per heavy atom. The highest BCUT2D eigenvalue weighted by atomic mass is 19.4. The molecule has 2 aromatic carbocycles. The predicted molar refractivity (Wildman–Crippen MR) is 112 cm³/mol.